The Hall–Kier alpha value is -1.18. The van der Waals surface area contributed by atoms with E-state index in [0.717, 1.165) is 30.8 Å². The van der Waals surface area contributed by atoms with Gasteiger partial charge in [0.1, 0.15) is 0 Å². The van der Waals surface area contributed by atoms with Crippen molar-refractivity contribution in [3.63, 3.8) is 0 Å². The van der Waals surface area contributed by atoms with Gasteiger partial charge in [0.15, 0.2) is 0 Å². The maximum atomic E-state index is 10.7. The van der Waals surface area contributed by atoms with E-state index in [0.29, 0.717) is 6.42 Å². The van der Waals surface area contributed by atoms with Crippen LogP contribution in [-0.2, 0) is 4.79 Å². The molecule has 3 heteroatoms. The first kappa shape index (κ1) is 25.8. The van der Waals surface area contributed by atoms with Crippen molar-refractivity contribution in [1.29, 1.82) is 0 Å². The Kier molecular flexibility index (Phi) is 20.2. The van der Waals surface area contributed by atoms with Gasteiger partial charge >= 0.3 is 5.97 Å². The van der Waals surface area contributed by atoms with Crippen LogP contribution in [0.15, 0.2) is 42.2 Å². The molecule has 0 saturated heterocycles. The number of carboxylic acid groups (broad SMARTS) is 1. The summed E-state index contributed by atoms with van der Waals surface area (Å²) < 4.78 is 0. The fourth-order valence-electron chi connectivity index (χ4n) is 2.51. The van der Waals surface area contributed by atoms with Crippen LogP contribution < -0.4 is 0 Å². The first-order valence-corrected chi connectivity index (χ1v) is 11.8. The molecule has 0 radical (unpaired) electrons. The molecule has 0 aliphatic heterocycles. The van der Waals surface area contributed by atoms with Crippen LogP contribution in [0.3, 0.4) is 0 Å². The molecule has 1 N–H and O–H groups in total. The average Bonchev–Trinajstić information content (AvgIpc) is 2.66. The molecule has 154 valence electrons. The minimum atomic E-state index is -0.718. The van der Waals surface area contributed by atoms with Crippen molar-refractivity contribution in [3.05, 3.63) is 42.2 Å². The van der Waals surface area contributed by atoms with Crippen LogP contribution in [0.2, 0.25) is 0 Å². The van der Waals surface area contributed by atoms with Gasteiger partial charge in [0.2, 0.25) is 0 Å². The van der Waals surface area contributed by atoms with E-state index in [2.05, 4.69) is 37.0 Å². The Bertz CT molecular complexity index is 459. The fraction of sp³-hybridized carbons (Fsp3) is 0.667. The Balaban J connectivity index is 3.41. The van der Waals surface area contributed by atoms with Crippen LogP contribution in [0, 0.1) is 5.92 Å². The predicted molar refractivity (Wildman–Crippen MR) is 122 cm³/mol. The molecule has 0 aliphatic carbocycles. The van der Waals surface area contributed by atoms with Crippen molar-refractivity contribution in [3.8, 4) is 0 Å². The molecule has 0 bridgehead atoms. The largest absolute Gasteiger partial charge is 0.481 e. The average molecular weight is 393 g/mol. The number of carboxylic acids is 1. The van der Waals surface area contributed by atoms with Crippen molar-refractivity contribution in [2.24, 2.45) is 5.92 Å². The van der Waals surface area contributed by atoms with Crippen molar-refractivity contribution < 1.29 is 9.90 Å². The molecule has 2 nitrogen and oxygen atoms in total. The smallest absolute Gasteiger partial charge is 0.306 e. The Labute approximate surface area is 171 Å². The van der Waals surface area contributed by atoms with Crippen molar-refractivity contribution in [2.75, 3.05) is 11.5 Å². The lowest BCUT2D eigenvalue weighted by Gasteiger charge is -2.00. The quantitative estimate of drug-likeness (QED) is 0.148. The van der Waals surface area contributed by atoms with E-state index in [4.69, 9.17) is 5.11 Å². The zero-order chi connectivity index (χ0) is 20.0. The number of hydrogen-bond acceptors (Lipinski definition) is 2. The van der Waals surface area contributed by atoms with Gasteiger partial charge in [-0.1, -0.05) is 70.3 Å². The summed E-state index contributed by atoms with van der Waals surface area (Å²) in [6, 6.07) is 0. The van der Waals surface area contributed by atoms with Gasteiger partial charge in [-0.2, -0.15) is 11.8 Å². The highest BCUT2D eigenvalue weighted by Gasteiger charge is 2.08. The van der Waals surface area contributed by atoms with Crippen molar-refractivity contribution in [2.45, 2.75) is 84.5 Å². The van der Waals surface area contributed by atoms with E-state index >= 15 is 0 Å². The van der Waals surface area contributed by atoms with Crippen molar-refractivity contribution in [1.82, 2.24) is 0 Å². The predicted octanol–water partition coefficient (Wildman–Crippen LogP) is 7.58. The first-order chi connectivity index (χ1) is 13.2. The Morgan fingerprint density at radius 3 is 2.41 bits per heavy atom. The second-order valence-electron chi connectivity index (χ2n) is 6.99. The van der Waals surface area contributed by atoms with Crippen LogP contribution in [0.5, 0.6) is 0 Å². The Morgan fingerprint density at radius 2 is 1.67 bits per heavy atom. The number of hydrogen-bond donors (Lipinski definition) is 1. The second kappa shape index (κ2) is 21.1. The number of allylic oxidation sites excluding steroid dienone is 4. The fourth-order valence-corrected chi connectivity index (χ4v) is 3.20. The highest BCUT2D eigenvalue weighted by Crippen LogP contribution is 2.08. The molecule has 1 atom stereocenters. The third-order valence-electron chi connectivity index (χ3n) is 4.36. The summed E-state index contributed by atoms with van der Waals surface area (Å²) in [5.74, 6) is 1.11. The second-order valence-corrected chi connectivity index (χ2v) is 8.14. The molecule has 0 spiro atoms. The normalized spacial score (nSPS) is 12.4. The first-order valence-electron chi connectivity index (χ1n) is 10.7. The summed E-state index contributed by atoms with van der Waals surface area (Å²) in [5.41, 5.74) is 3.14. The standard InChI is InChI=1S/C24H40O2S/c1-3-4-5-6-7-8-9-10-11-12-13-15-18-21-27-22-19-16-14-17-20-23(2)24(25)26/h10-11,13-15,19,23H,3-9,12,17-18,20-22H2,1-2H3,(H,25,26)/b11-10-,15-13-. The van der Waals surface area contributed by atoms with Crippen LogP contribution >= 0.6 is 11.8 Å². The Morgan fingerprint density at radius 1 is 0.963 bits per heavy atom. The van der Waals surface area contributed by atoms with Crippen molar-refractivity contribution >= 4 is 17.7 Å². The number of carbonyl (C=O) groups is 1. The summed E-state index contributed by atoms with van der Waals surface area (Å²) in [6.07, 6.45) is 26.2. The van der Waals surface area contributed by atoms with E-state index < -0.39 is 5.97 Å². The molecule has 27 heavy (non-hydrogen) atoms. The van der Waals surface area contributed by atoms with Gasteiger partial charge in [-0.15, -0.1) is 5.73 Å². The van der Waals surface area contributed by atoms with Gasteiger partial charge in [0, 0.05) is 5.75 Å². The minimum Gasteiger partial charge on any atom is -0.481 e. The number of thioether (sulfide) groups is 1. The van der Waals surface area contributed by atoms with Gasteiger partial charge in [0.25, 0.3) is 0 Å². The summed E-state index contributed by atoms with van der Waals surface area (Å²) in [7, 11) is 0. The lowest BCUT2D eigenvalue weighted by Crippen LogP contribution is -2.08. The maximum absolute atomic E-state index is 10.7. The molecule has 0 saturated carbocycles. The van der Waals surface area contributed by atoms with Crippen LogP contribution in [0.25, 0.3) is 0 Å². The third-order valence-corrected chi connectivity index (χ3v) is 5.29. The SMILES string of the molecule is CCCCCCCC/C=C\C/C=C\CCSCC=C=CCCC(C)C(=O)O. The number of unbranched alkanes of at least 4 members (excludes halogenated alkanes) is 6. The van der Waals surface area contributed by atoms with Gasteiger partial charge in [-0.3, -0.25) is 4.79 Å². The molecule has 1 unspecified atom stereocenters. The number of rotatable bonds is 18. The van der Waals surface area contributed by atoms with Gasteiger partial charge < -0.3 is 5.11 Å². The lowest BCUT2D eigenvalue weighted by molar-refractivity contribution is -0.141. The van der Waals surface area contributed by atoms with E-state index in [-0.39, 0.29) is 5.92 Å². The highest BCUT2D eigenvalue weighted by molar-refractivity contribution is 7.99. The van der Waals surface area contributed by atoms with E-state index in [1.54, 1.807) is 6.92 Å². The van der Waals surface area contributed by atoms with Crippen LogP contribution in [-0.4, -0.2) is 22.6 Å². The minimum absolute atomic E-state index is 0.269. The molecule has 0 aliphatic rings. The summed E-state index contributed by atoms with van der Waals surface area (Å²) in [4.78, 5) is 10.7. The zero-order valence-electron chi connectivity index (χ0n) is 17.5. The molecule has 0 aromatic rings. The van der Waals surface area contributed by atoms with Crippen LogP contribution in [0.4, 0.5) is 0 Å². The van der Waals surface area contributed by atoms with E-state index in [9.17, 15) is 4.79 Å². The van der Waals surface area contributed by atoms with Gasteiger partial charge in [0.05, 0.1) is 5.92 Å². The summed E-state index contributed by atoms with van der Waals surface area (Å²) in [5, 5.41) is 8.79. The lowest BCUT2D eigenvalue weighted by atomic mass is 10.1. The molecule has 0 rings (SSSR count). The molecule has 0 aromatic heterocycles. The summed E-state index contributed by atoms with van der Waals surface area (Å²) >= 11 is 1.90. The van der Waals surface area contributed by atoms with Gasteiger partial charge in [-0.25, -0.2) is 0 Å². The maximum Gasteiger partial charge on any atom is 0.306 e. The molecule has 0 fully saturated rings. The zero-order valence-corrected chi connectivity index (χ0v) is 18.3. The third kappa shape index (κ3) is 21.0. The molecule has 0 aromatic carbocycles. The molecule has 0 heterocycles. The van der Waals surface area contributed by atoms with Gasteiger partial charge in [-0.05, 0) is 56.4 Å². The molecular formula is C24H40O2S. The molecular weight excluding hydrogens is 352 g/mol. The number of aliphatic carboxylic acids is 1. The van der Waals surface area contributed by atoms with Crippen LogP contribution in [0.1, 0.15) is 84.5 Å². The van der Waals surface area contributed by atoms with E-state index in [1.165, 1.54) is 44.9 Å². The highest BCUT2D eigenvalue weighted by atomic mass is 32.2. The summed E-state index contributed by atoms with van der Waals surface area (Å²) in [6.45, 7) is 4.01. The van der Waals surface area contributed by atoms with E-state index in [1.807, 2.05) is 23.9 Å². The topological polar surface area (TPSA) is 37.3 Å². The monoisotopic (exact) mass is 392 g/mol. The molecule has 0 amide bonds.